The van der Waals surface area contributed by atoms with Crippen molar-refractivity contribution in [3.8, 4) is 0 Å². The predicted molar refractivity (Wildman–Crippen MR) is 80.9 cm³/mol. The predicted octanol–water partition coefficient (Wildman–Crippen LogP) is 4.51. The Morgan fingerprint density at radius 1 is 1.00 bits per heavy atom. The van der Waals surface area contributed by atoms with Gasteiger partial charge in [0.15, 0.2) is 9.84 Å². The number of hydrogen-bond acceptors (Lipinski definition) is 2. The number of aryl methyl sites for hydroxylation is 1. The summed E-state index contributed by atoms with van der Waals surface area (Å²) < 4.78 is 23.1. The summed E-state index contributed by atoms with van der Waals surface area (Å²) in [6.45, 7) is 5.55. The highest BCUT2D eigenvalue weighted by Gasteiger charge is 2.08. The Labute approximate surface area is 117 Å². The Morgan fingerprint density at radius 2 is 1.58 bits per heavy atom. The van der Waals surface area contributed by atoms with Crippen LogP contribution in [0, 0.1) is 0 Å². The largest absolute Gasteiger partial charge is 0.219 e. The maximum atomic E-state index is 11.6. The van der Waals surface area contributed by atoms with Gasteiger partial charge in [0.1, 0.15) is 0 Å². The molecule has 0 N–H and O–H groups in total. The van der Waals surface area contributed by atoms with Crippen LogP contribution in [-0.2, 0) is 16.3 Å². The van der Waals surface area contributed by atoms with Crippen LogP contribution in [0.3, 0.4) is 0 Å². The maximum absolute atomic E-state index is 11.6. The number of benzene rings is 1. The van der Waals surface area contributed by atoms with E-state index in [1.54, 1.807) is 12.1 Å². The lowest BCUT2D eigenvalue weighted by molar-refractivity contribution is 0.604. The van der Waals surface area contributed by atoms with E-state index >= 15 is 0 Å². The van der Waals surface area contributed by atoms with Crippen LogP contribution >= 0.6 is 0 Å². The fourth-order valence-electron chi connectivity index (χ4n) is 2.05. The lowest BCUT2D eigenvalue weighted by Crippen LogP contribution is -1.96. The molecule has 0 amide bonds. The van der Waals surface area contributed by atoms with E-state index < -0.39 is 9.84 Å². The van der Waals surface area contributed by atoms with Crippen molar-refractivity contribution < 1.29 is 8.42 Å². The molecule has 0 atom stereocenters. The molecule has 0 bridgehead atoms. The van der Waals surface area contributed by atoms with E-state index in [-0.39, 0.29) is 0 Å². The van der Waals surface area contributed by atoms with Gasteiger partial charge in [-0.2, -0.15) is 0 Å². The maximum Gasteiger partial charge on any atom is 0.199 e. The van der Waals surface area contributed by atoms with Crippen molar-refractivity contribution >= 4 is 9.84 Å². The lowest BCUT2D eigenvalue weighted by atomic mass is 10.1. The van der Waals surface area contributed by atoms with Gasteiger partial charge in [0.05, 0.1) is 4.90 Å². The molecule has 0 aliphatic rings. The van der Waals surface area contributed by atoms with Crippen LogP contribution < -0.4 is 0 Å². The lowest BCUT2D eigenvalue weighted by Gasteiger charge is -2.03. The van der Waals surface area contributed by atoms with E-state index in [1.165, 1.54) is 44.1 Å². The molecule has 0 aromatic heterocycles. The summed E-state index contributed by atoms with van der Waals surface area (Å²) in [5.74, 6) is 0. The molecule has 0 spiro atoms. The van der Waals surface area contributed by atoms with Gasteiger partial charge in [-0.05, 0) is 30.5 Å². The van der Waals surface area contributed by atoms with E-state index in [9.17, 15) is 8.42 Å². The summed E-state index contributed by atoms with van der Waals surface area (Å²) in [5.41, 5.74) is 1.21. The van der Waals surface area contributed by atoms with Gasteiger partial charge < -0.3 is 0 Å². The SMILES string of the molecule is C=CS(=O)(=O)c1ccc(CCCCCCCC)cc1. The van der Waals surface area contributed by atoms with Gasteiger partial charge in [0, 0.05) is 5.41 Å². The molecule has 0 radical (unpaired) electrons. The van der Waals surface area contributed by atoms with Gasteiger partial charge in [0.2, 0.25) is 0 Å². The molecule has 0 saturated carbocycles. The Balaban J connectivity index is 2.39. The van der Waals surface area contributed by atoms with Crippen molar-refractivity contribution in [3.63, 3.8) is 0 Å². The second kappa shape index (κ2) is 8.16. The standard InChI is InChI=1S/C16H24O2S/c1-3-5-6-7-8-9-10-15-11-13-16(14-12-15)19(17,18)4-2/h4,11-14H,2-3,5-10H2,1H3. The Bertz CT molecular complexity index is 472. The summed E-state index contributed by atoms with van der Waals surface area (Å²) in [6.07, 6.45) is 8.70. The van der Waals surface area contributed by atoms with Crippen molar-refractivity contribution in [3.05, 3.63) is 41.8 Å². The van der Waals surface area contributed by atoms with E-state index in [0.717, 1.165) is 11.8 Å². The van der Waals surface area contributed by atoms with Gasteiger partial charge in [0.25, 0.3) is 0 Å². The fourth-order valence-corrected chi connectivity index (χ4v) is 2.76. The van der Waals surface area contributed by atoms with Crippen LogP contribution in [0.25, 0.3) is 0 Å². The first-order valence-corrected chi connectivity index (χ1v) is 8.61. The topological polar surface area (TPSA) is 34.1 Å². The molecular formula is C16H24O2S. The molecule has 0 aliphatic heterocycles. The zero-order valence-corrected chi connectivity index (χ0v) is 12.6. The van der Waals surface area contributed by atoms with Gasteiger partial charge >= 0.3 is 0 Å². The average Bonchev–Trinajstić information content (AvgIpc) is 2.43. The zero-order valence-electron chi connectivity index (χ0n) is 11.8. The molecule has 0 unspecified atom stereocenters. The van der Waals surface area contributed by atoms with Crippen LogP contribution in [0.4, 0.5) is 0 Å². The third kappa shape index (κ3) is 5.60. The van der Waals surface area contributed by atoms with E-state index in [4.69, 9.17) is 0 Å². The minimum absolute atomic E-state index is 0.328. The fraction of sp³-hybridized carbons (Fsp3) is 0.500. The average molecular weight is 280 g/mol. The molecule has 0 heterocycles. The monoisotopic (exact) mass is 280 g/mol. The molecular weight excluding hydrogens is 256 g/mol. The van der Waals surface area contributed by atoms with Crippen molar-refractivity contribution in [1.29, 1.82) is 0 Å². The summed E-state index contributed by atoms with van der Waals surface area (Å²) in [5, 5.41) is 0.996. The number of rotatable bonds is 9. The molecule has 0 fully saturated rings. The second-order valence-corrected chi connectivity index (χ2v) is 6.77. The molecule has 1 aromatic rings. The van der Waals surface area contributed by atoms with E-state index in [0.29, 0.717) is 4.90 Å². The van der Waals surface area contributed by atoms with Gasteiger partial charge in [-0.1, -0.05) is 57.7 Å². The molecule has 1 rings (SSSR count). The van der Waals surface area contributed by atoms with E-state index in [2.05, 4.69) is 13.5 Å². The molecule has 2 nitrogen and oxygen atoms in total. The van der Waals surface area contributed by atoms with Crippen molar-refractivity contribution in [1.82, 2.24) is 0 Å². The molecule has 19 heavy (non-hydrogen) atoms. The number of hydrogen-bond donors (Lipinski definition) is 0. The Hall–Kier alpha value is -1.09. The quantitative estimate of drug-likeness (QED) is 0.624. The molecule has 3 heteroatoms. The van der Waals surface area contributed by atoms with Crippen LogP contribution in [-0.4, -0.2) is 8.42 Å². The van der Waals surface area contributed by atoms with Crippen molar-refractivity contribution in [2.24, 2.45) is 0 Å². The van der Waals surface area contributed by atoms with Gasteiger partial charge in [-0.15, -0.1) is 0 Å². The van der Waals surface area contributed by atoms with Crippen LogP contribution in [0.1, 0.15) is 51.0 Å². The summed E-state index contributed by atoms with van der Waals surface area (Å²) in [4.78, 5) is 0.328. The number of unbranched alkanes of at least 4 members (excludes halogenated alkanes) is 5. The molecule has 0 saturated heterocycles. The summed E-state index contributed by atoms with van der Waals surface area (Å²) >= 11 is 0. The van der Waals surface area contributed by atoms with Crippen LogP contribution in [0.15, 0.2) is 41.1 Å². The Morgan fingerprint density at radius 3 is 2.16 bits per heavy atom. The summed E-state index contributed by atoms with van der Waals surface area (Å²) in [6, 6.07) is 7.15. The van der Waals surface area contributed by atoms with Crippen molar-refractivity contribution in [2.75, 3.05) is 0 Å². The minimum atomic E-state index is -3.29. The molecule has 1 aromatic carbocycles. The third-order valence-electron chi connectivity index (χ3n) is 3.29. The number of sulfone groups is 1. The van der Waals surface area contributed by atoms with Crippen LogP contribution in [0.2, 0.25) is 0 Å². The van der Waals surface area contributed by atoms with Crippen molar-refractivity contribution in [2.45, 2.75) is 56.8 Å². The highest BCUT2D eigenvalue weighted by atomic mass is 32.2. The van der Waals surface area contributed by atoms with Gasteiger partial charge in [-0.25, -0.2) is 8.42 Å². The molecule has 0 aliphatic carbocycles. The highest BCUT2D eigenvalue weighted by molar-refractivity contribution is 7.94. The summed E-state index contributed by atoms with van der Waals surface area (Å²) in [7, 11) is -3.29. The third-order valence-corrected chi connectivity index (χ3v) is 4.66. The highest BCUT2D eigenvalue weighted by Crippen LogP contribution is 2.15. The minimum Gasteiger partial charge on any atom is -0.219 e. The normalized spacial score (nSPS) is 11.4. The van der Waals surface area contributed by atoms with Gasteiger partial charge in [-0.3, -0.25) is 0 Å². The second-order valence-electron chi connectivity index (χ2n) is 4.87. The molecule has 106 valence electrons. The van der Waals surface area contributed by atoms with Crippen LogP contribution in [0.5, 0.6) is 0 Å². The van der Waals surface area contributed by atoms with E-state index in [1.807, 2.05) is 12.1 Å². The Kier molecular flexibility index (Phi) is 6.85. The first kappa shape index (κ1) is 16.0. The first-order valence-electron chi connectivity index (χ1n) is 7.06. The zero-order chi connectivity index (χ0) is 14.1. The smallest absolute Gasteiger partial charge is 0.199 e. The first-order chi connectivity index (χ1) is 9.10.